The van der Waals surface area contributed by atoms with Crippen LogP contribution in [0.25, 0.3) is 11.1 Å². The lowest BCUT2D eigenvalue weighted by molar-refractivity contribution is -0.121. The van der Waals surface area contributed by atoms with E-state index < -0.39 is 6.04 Å². The summed E-state index contributed by atoms with van der Waals surface area (Å²) in [7, 11) is 0. The Kier molecular flexibility index (Phi) is 5.95. The third-order valence-electron chi connectivity index (χ3n) is 5.59. The van der Waals surface area contributed by atoms with Crippen LogP contribution >= 0.6 is 11.6 Å². The number of benzene rings is 2. The maximum Gasteiger partial charge on any atom is 0.315 e. The van der Waals surface area contributed by atoms with Gasteiger partial charge in [-0.05, 0) is 48.2 Å². The zero-order chi connectivity index (χ0) is 22.0. The zero-order valence-corrected chi connectivity index (χ0v) is 17.6. The fourth-order valence-corrected chi connectivity index (χ4v) is 4.14. The van der Waals surface area contributed by atoms with Gasteiger partial charge in [0.1, 0.15) is 6.04 Å². The topological polar surface area (TPSA) is 90.5 Å². The van der Waals surface area contributed by atoms with Crippen LogP contribution in [0.4, 0.5) is 10.5 Å². The molecule has 2 atom stereocenters. The van der Waals surface area contributed by atoms with Crippen LogP contribution in [-0.4, -0.2) is 47.9 Å². The maximum atomic E-state index is 13.3. The predicted octanol–water partition coefficient (Wildman–Crippen LogP) is 3.42. The molecule has 0 bridgehead atoms. The molecule has 4 rings (SSSR count). The fraction of sp³-hybridized carbons (Fsp3) is 0.261. The van der Waals surface area contributed by atoms with Gasteiger partial charge in [-0.3, -0.25) is 9.59 Å². The molecule has 2 unspecified atom stereocenters. The minimum Gasteiger partial charge on any atom is -0.335 e. The van der Waals surface area contributed by atoms with E-state index in [4.69, 9.17) is 11.6 Å². The molecule has 0 radical (unpaired) electrons. The quantitative estimate of drug-likeness (QED) is 0.639. The van der Waals surface area contributed by atoms with Crippen LogP contribution in [0.3, 0.4) is 0 Å². The maximum absolute atomic E-state index is 13.3. The Morgan fingerprint density at radius 2 is 1.94 bits per heavy atom. The van der Waals surface area contributed by atoms with Gasteiger partial charge in [0.15, 0.2) is 0 Å². The molecule has 0 saturated carbocycles. The third kappa shape index (κ3) is 4.41. The first-order chi connectivity index (χ1) is 15.0. The van der Waals surface area contributed by atoms with Crippen molar-refractivity contribution in [2.24, 2.45) is 0 Å². The number of carbonyl (C=O) groups excluding carboxylic acids is 3. The Hall–Kier alpha value is -3.32. The molecule has 1 saturated heterocycles. The molecule has 2 aromatic carbocycles. The van der Waals surface area contributed by atoms with E-state index in [-0.39, 0.29) is 23.9 Å². The third-order valence-corrected chi connectivity index (χ3v) is 5.85. The van der Waals surface area contributed by atoms with Crippen LogP contribution in [0, 0.1) is 0 Å². The van der Waals surface area contributed by atoms with Crippen molar-refractivity contribution in [3.8, 4) is 11.1 Å². The zero-order valence-electron chi connectivity index (χ0n) is 16.9. The molecule has 4 amide bonds. The predicted molar refractivity (Wildman–Crippen MR) is 120 cm³/mol. The van der Waals surface area contributed by atoms with Gasteiger partial charge < -0.3 is 20.9 Å². The van der Waals surface area contributed by atoms with Gasteiger partial charge in [-0.2, -0.15) is 0 Å². The molecule has 3 N–H and O–H groups in total. The minimum atomic E-state index is -0.641. The van der Waals surface area contributed by atoms with Gasteiger partial charge in [0.05, 0.1) is 11.3 Å². The van der Waals surface area contributed by atoms with Crippen molar-refractivity contribution in [1.82, 2.24) is 15.5 Å². The monoisotopic (exact) mass is 438 g/mol. The molecule has 0 aromatic heterocycles. The number of piperidine rings is 1. The van der Waals surface area contributed by atoms with E-state index in [1.54, 1.807) is 35.2 Å². The molecule has 160 valence electrons. The molecule has 2 aliphatic rings. The average molecular weight is 439 g/mol. The van der Waals surface area contributed by atoms with Crippen molar-refractivity contribution in [3.05, 3.63) is 65.7 Å². The molecule has 0 aliphatic carbocycles. The summed E-state index contributed by atoms with van der Waals surface area (Å²) in [5.74, 6) is -0.437. The SMILES string of the molecule is C=CCNC(=O)NC1CCN2C(=O)c3cc(-c4ccc(Cl)cc4)ccc3NC(=O)C2C1. The number of nitrogens with zero attached hydrogens (tertiary/aromatic N) is 1. The Morgan fingerprint density at radius 1 is 1.19 bits per heavy atom. The highest BCUT2D eigenvalue weighted by Crippen LogP contribution is 2.32. The van der Waals surface area contributed by atoms with Gasteiger partial charge in [0.25, 0.3) is 5.91 Å². The summed E-state index contributed by atoms with van der Waals surface area (Å²) < 4.78 is 0. The summed E-state index contributed by atoms with van der Waals surface area (Å²) in [5, 5.41) is 9.06. The number of urea groups is 1. The Bertz CT molecular complexity index is 1040. The summed E-state index contributed by atoms with van der Waals surface area (Å²) in [6.07, 6.45) is 2.52. The summed E-state index contributed by atoms with van der Waals surface area (Å²) in [4.78, 5) is 39.8. The number of halogens is 1. The molecular weight excluding hydrogens is 416 g/mol. The van der Waals surface area contributed by atoms with E-state index in [9.17, 15) is 14.4 Å². The average Bonchev–Trinajstić information content (AvgIpc) is 2.87. The second-order valence-corrected chi connectivity index (χ2v) is 8.07. The van der Waals surface area contributed by atoms with Crippen LogP contribution in [0.1, 0.15) is 23.2 Å². The smallest absolute Gasteiger partial charge is 0.315 e. The van der Waals surface area contributed by atoms with E-state index in [1.807, 2.05) is 18.2 Å². The highest BCUT2D eigenvalue weighted by atomic mass is 35.5. The van der Waals surface area contributed by atoms with Crippen molar-refractivity contribution in [2.75, 3.05) is 18.4 Å². The molecule has 1 fully saturated rings. The van der Waals surface area contributed by atoms with Crippen molar-refractivity contribution in [1.29, 1.82) is 0 Å². The van der Waals surface area contributed by atoms with Crippen molar-refractivity contribution < 1.29 is 14.4 Å². The first kappa shape index (κ1) is 20.9. The Balaban J connectivity index is 1.55. The molecule has 8 heteroatoms. The standard InChI is InChI=1S/C23H23ClN4O3/c1-2-10-25-23(31)26-17-9-11-28-20(13-17)21(29)27-19-8-5-15(12-18(19)22(28)30)14-3-6-16(24)7-4-14/h2-8,12,17,20H,1,9-11,13H2,(H,27,29)(H2,25,26,31). The molecule has 2 aromatic rings. The first-order valence-corrected chi connectivity index (χ1v) is 10.5. The molecule has 31 heavy (non-hydrogen) atoms. The van der Waals surface area contributed by atoms with Crippen molar-refractivity contribution in [2.45, 2.75) is 24.9 Å². The van der Waals surface area contributed by atoms with E-state index in [1.165, 1.54) is 0 Å². The van der Waals surface area contributed by atoms with Gasteiger partial charge in [0, 0.05) is 24.2 Å². The number of hydrogen-bond acceptors (Lipinski definition) is 3. The van der Waals surface area contributed by atoms with Crippen LogP contribution in [-0.2, 0) is 4.79 Å². The van der Waals surface area contributed by atoms with Gasteiger partial charge in [-0.25, -0.2) is 4.79 Å². The number of nitrogens with one attached hydrogen (secondary N) is 3. The van der Waals surface area contributed by atoms with Crippen LogP contribution in [0.15, 0.2) is 55.1 Å². The highest BCUT2D eigenvalue weighted by molar-refractivity contribution is 6.30. The summed E-state index contributed by atoms with van der Waals surface area (Å²) in [5.41, 5.74) is 2.75. The molecular formula is C23H23ClN4O3. The molecule has 0 spiro atoms. The number of hydrogen-bond donors (Lipinski definition) is 3. The second-order valence-electron chi connectivity index (χ2n) is 7.64. The van der Waals surface area contributed by atoms with Gasteiger partial charge >= 0.3 is 6.03 Å². The number of carbonyl (C=O) groups is 3. The summed E-state index contributed by atoms with van der Waals surface area (Å²) in [6.45, 7) is 4.31. The van der Waals surface area contributed by atoms with Gasteiger partial charge in [-0.1, -0.05) is 35.9 Å². The van der Waals surface area contributed by atoms with E-state index >= 15 is 0 Å². The lowest BCUT2D eigenvalue weighted by atomic mass is 9.96. The van der Waals surface area contributed by atoms with Crippen molar-refractivity contribution in [3.63, 3.8) is 0 Å². The second kappa shape index (κ2) is 8.81. The van der Waals surface area contributed by atoms with Gasteiger partial charge in [-0.15, -0.1) is 6.58 Å². The Labute approximate surface area is 185 Å². The highest BCUT2D eigenvalue weighted by Gasteiger charge is 2.40. The fourth-order valence-electron chi connectivity index (χ4n) is 4.01. The summed E-state index contributed by atoms with van der Waals surface area (Å²) >= 11 is 5.98. The Morgan fingerprint density at radius 3 is 2.68 bits per heavy atom. The van der Waals surface area contributed by atoms with E-state index in [2.05, 4.69) is 22.5 Å². The molecule has 2 heterocycles. The number of fused-ring (bicyclic) bond motifs is 2. The summed E-state index contributed by atoms with van der Waals surface area (Å²) in [6, 6.07) is 11.7. The minimum absolute atomic E-state index is 0.191. The molecule has 7 nitrogen and oxygen atoms in total. The van der Waals surface area contributed by atoms with Gasteiger partial charge in [0.2, 0.25) is 5.91 Å². The number of amides is 4. The largest absolute Gasteiger partial charge is 0.335 e. The van der Waals surface area contributed by atoms with Crippen LogP contribution in [0.5, 0.6) is 0 Å². The first-order valence-electron chi connectivity index (χ1n) is 10.1. The number of rotatable bonds is 4. The van der Waals surface area contributed by atoms with E-state index in [0.717, 1.165) is 11.1 Å². The normalized spacial score (nSPS) is 20.1. The lowest BCUT2D eigenvalue weighted by Gasteiger charge is -2.37. The van der Waals surface area contributed by atoms with Crippen molar-refractivity contribution >= 4 is 35.1 Å². The number of anilines is 1. The van der Waals surface area contributed by atoms with Crippen LogP contribution in [0.2, 0.25) is 5.02 Å². The molecule has 2 aliphatic heterocycles. The van der Waals surface area contributed by atoms with Crippen LogP contribution < -0.4 is 16.0 Å². The lowest BCUT2D eigenvalue weighted by Crippen LogP contribution is -2.56. The van der Waals surface area contributed by atoms with E-state index in [0.29, 0.717) is 42.2 Å².